The van der Waals surface area contributed by atoms with E-state index < -0.39 is 0 Å². The fourth-order valence-corrected chi connectivity index (χ4v) is 2.25. The van der Waals surface area contributed by atoms with Crippen LogP contribution >= 0.6 is 0 Å². The van der Waals surface area contributed by atoms with E-state index in [2.05, 4.69) is 0 Å². The fraction of sp³-hybridized carbons (Fsp3) is 0.909. The molecule has 0 spiro atoms. The van der Waals surface area contributed by atoms with Crippen LogP contribution in [0.3, 0.4) is 0 Å². The minimum Gasteiger partial charge on any atom is -0.389 e. The molecule has 0 aromatic rings. The highest BCUT2D eigenvalue weighted by molar-refractivity contribution is 5.77. The molecule has 1 N–H and O–H groups in total. The lowest BCUT2D eigenvalue weighted by Crippen LogP contribution is -2.54. The lowest BCUT2D eigenvalue weighted by Gasteiger charge is -2.39. The Labute approximate surface area is 90.2 Å². The van der Waals surface area contributed by atoms with Gasteiger partial charge in [-0.3, -0.25) is 4.79 Å². The van der Waals surface area contributed by atoms with E-state index in [1.54, 1.807) is 4.90 Å². The summed E-state index contributed by atoms with van der Waals surface area (Å²) < 4.78 is 5.44. The van der Waals surface area contributed by atoms with Crippen LogP contribution in [0, 0.1) is 5.92 Å². The van der Waals surface area contributed by atoms with Crippen molar-refractivity contribution in [2.24, 2.45) is 5.92 Å². The molecule has 1 heterocycles. The molecule has 1 aliphatic heterocycles. The predicted octanol–water partition coefficient (Wildman–Crippen LogP) is 0.395. The summed E-state index contributed by atoms with van der Waals surface area (Å²) in [6.07, 6.45) is 2.78. The van der Waals surface area contributed by atoms with E-state index >= 15 is 0 Å². The van der Waals surface area contributed by atoms with Gasteiger partial charge in [0.15, 0.2) is 0 Å². The molecular weight excluding hydrogens is 194 g/mol. The van der Waals surface area contributed by atoms with Gasteiger partial charge in [-0.2, -0.15) is 0 Å². The Morgan fingerprint density at radius 3 is 2.67 bits per heavy atom. The van der Waals surface area contributed by atoms with Crippen LogP contribution < -0.4 is 0 Å². The predicted molar refractivity (Wildman–Crippen MR) is 55.3 cm³/mol. The quantitative estimate of drug-likeness (QED) is 0.735. The average Bonchev–Trinajstić information content (AvgIpc) is 2.09. The SMILES string of the molecule is CCOC1CC(CC(=O)N2CC(O)C2)C1. The Hall–Kier alpha value is -0.610. The molecule has 4 nitrogen and oxygen atoms in total. The molecule has 1 saturated carbocycles. The largest absolute Gasteiger partial charge is 0.389 e. The van der Waals surface area contributed by atoms with Crippen LogP contribution in [0.2, 0.25) is 0 Å². The van der Waals surface area contributed by atoms with Crippen LogP contribution in [0.5, 0.6) is 0 Å². The number of ether oxygens (including phenoxy) is 1. The van der Waals surface area contributed by atoms with Crippen molar-refractivity contribution in [3.63, 3.8) is 0 Å². The molecule has 2 rings (SSSR count). The second kappa shape index (κ2) is 4.49. The Morgan fingerprint density at radius 1 is 1.47 bits per heavy atom. The number of aliphatic hydroxyl groups excluding tert-OH is 1. The van der Waals surface area contributed by atoms with Crippen molar-refractivity contribution in [3.8, 4) is 0 Å². The van der Waals surface area contributed by atoms with E-state index in [4.69, 9.17) is 9.84 Å². The van der Waals surface area contributed by atoms with E-state index in [9.17, 15) is 4.79 Å². The van der Waals surface area contributed by atoms with Gasteiger partial charge >= 0.3 is 0 Å². The van der Waals surface area contributed by atoms with Crippen molar-refractivity contribution in [2.75, 3.05) is 19.7 Å². The molecule has 15 heavy (non-hydrogen) atoms. The lowest BCUT2D eigenvalue weighted by atomic mass is 9.79. The molecular formula is C11H19NO3. The number of rotatable bonds is 4. The topological polar surface area (TPSA) is 49.8 Å². The molecule has 0 atom stereocenters. The van der Waals surface area contributed by atoms with Gasteiger partial charge in [-0.1, -0.05) is 0 Å². The van der Waals surface area contributed by atoms with Crippen molar-refractivity contribution in [2.45, 2.75) is 38.4 Å². The second-order valence-electron chi connectivity index (χ2n) is 4.57. The zero-order valence-electron chi connectivity index (χ0n) is 9.19. The summed E-state index contributed by atoms with van der Waals surface area (Å²) in [5.74, 6) is 0.701. The molecule has 0 unspecified atom stereocenters. The zero-order valence-corrected chi connectivity index (χ0v) is 9.19. The first-order valence-corrected chi connectivity index (χ1v) is 5.76. The Morgan fingerprint density at radius 2 is 2.13 bits per heavy atom. The van der Waals surface area contributed by atoms with E-state index in [1.807, 2.05) is 6.92 Å². The van der Waals surface area contributed by atoms with E-state index in [0.29, 0.717) is 31.5 Å². The molecule has 0 aromatic carbocycles. The number of β-amino-alcohol motifs (C(OH)–C–C–N with tert-alkyl or cyclic N) is 1. The third kappa shape index (κ3) is 2.49. The number of likely N-dealkylation sites (tertiary alicyclic amines) is 1. The van der Waals surface area contributed by atoms with Gasteiger partial charge in [0.2, 0.25) is 5.91 Å². The van der Waals surface area contributed by atoms with Crippen LogP contribution in [0.25, 0.3) is 0 Å². The summed E-state index contributed by atoms with van der Waals surface area (Å²) in [5.41, 5.74) is 0. The molecule has 0 bridgehead atoms. The molecule has 2 aliphatic rings. The van der Waals surface area contributed by atoms with Gasteiger partial charge in [0, 0.05) is 26.1 Å². The minimum absolute atomic E-state index is 0.195. The standard InChI is InChI=1S/C11H19NO3/c1-2-15-10-3-8(4-10)5-11(14)12-6-9(13)7-12/h8-10,13H,2-7H2,1H3. The maximum absolute atomic E-state index is 11.6. The van der Waals surface area contributed by atoms with Crippen molar-refractivity contribution < 1.29 is 14.6 Å². The molecule has 4 heteroatoms. The Kier molecular flexibility index (Phi) is 3.26. The number of carbonyl (C=O) groups is 1. The molecule has 0 aromatic heterocycles. The summed E-state index contributed by atoms with van der Waals surface area (Å²) in [7, 11) is 0. The monoisotopic (exact) mass is 213 g/mol. The van der Waals surface area contributed by atoms with Crippen LogP contribution in [0.4, 0.5) is 0 Å². The number of nitrogens with zero attached hydrogens (tertiary/aromatic N) is 1. The maximum atomic E-state index is 11.6. The molecule has 86 valence electrons. The highest BCUT2D eigenvalue weighted by Crippen LogP contribution is 2.33. The summed E-state index contributed by atoms with van der Waals surface area (Å²) in [6, 6.07) is 0. The Balaban J connectivity index is 1.61. The zero-order chi connectivity index (χ0) is 10.8. The van der Waals surface area contributed by atoms with Gasteiger partial charge in [-0.25, -0.2) is 0 Å². The molecule has 0 radical (unpaired) electrons. The fourth-order valence-electron chi connectivity index (χ4n) is 2.25. The smallest absolute Gasteiger partial charge is 0.223 e. The second-order valence-corrected chi connectivity index (χ2v) is 4.57. The summed E-state index contributed by atoms with van der Waals surface area (Å²) in [5, 5.41) is 9.07. The van der Waals surface area contributed by atoms with Crippen molar-refractivity contribution >= 4 is 5.91 Å². The molecule has 1 saturated heterocycles. The van der Waals surface area contributed by atoms with Gasteiger partial charge in [-0.15, -0.1) is 0 Å². The minimum atomic E-state index is -0.286. The maximum Gasteiger partial charge on any atom is 0.223 e. The van der Waals surface area contributed by atoms with Gasteiger partial charge in [0.25, 0.3) is 0 Å². The molecule has 1 aliphatic carbocycles. The average molecular weight is 213 g/mol. The Bertz CT molecular complexity index is 232. The molecule has 1 amide bonds. The van der Waals surface area contributed by atoms with Crippen molar-refractivity contribution in [3.05, 3.63) is 0 Å². The molecule has 2 fully saturated rings. The number of amides is 1. The van der Waals surface area contributed by atoms with E-state index in [-0.39, 0.29) is 12.0 Å². The third-order valence-corrected chi connectivity index (χ3v) is 3.27. The van der Waals surface area contributed by atoms with Gasteiger partial charge in [0.05, 0.1) is 12.2 Å². The van der Waals surface area contributed by atoms with Crippen LogP contribution in [-0.2, 0) is 9.53 Å². The van der Waals surface area contributed by atoms with Gasteiger partial charge in [0.1, 0.15) is 0 Å². The van der Waals surface area contributed by atoms with Crippen LogP contribution in [0.1, 0.15) is 26.2 Å². The van der Waals surface area contributed by atoms with Crippen molar-refractivity contribution in [1.29, 1.82) is 0 Å². The number of carbonyl (C=O) groups excluding carboxylic acids is 1. The highest BCUT2D eigenvalue weighted by atomic mass is 16.5. The van der Waals surface area contributed by atoms with Crippen LogP contribution in [0.15, 0.2) is 0 Å². The summed E-state index contributed by atoms with van der Waals surface area (Å²) >= 11 is 0. The van der Waals surface area contributed by atoms with E-state index in [1.165, 1.54) is 0 Å². The van der Waals surface area contributed by atoms with Crippen LogP contribution in [-0.4, -0.2) is 47.8 Å². The first kappa shape index (κ1) is 10.9. The first-order valence-electron chi connectivity index (χ1n) is 5.76. The summed E-state index contributed by atoms with van der Waals surface area (Å²) in [4.78, 5) is 13.3. The van der Waals surface area contributed by atoms with E-state index in [0.717, 1.165) is 19.4 Å². The normalized spacial score (nSPS) is 30.9. The first-order chi connectivity index (χ1) is 7.19. The number of hydrogen-bond acceptors (Lipinski definition) is 3. The third-order valence-electron chi connectivity index (χ3n) is 3.27. The lowest BCUT2D eigenvalue weighted by molar-refractivity contribution is -0.144. The number of aliphatic hydroxyl groups is 1. The van der Waals surface area contributed by atoms with Gasteiger partial charge in [-0.05, 0) is 25.7 Å². The number of hydrogen-bond donors (Lipinski definition) is 1. The van der Waals surface area contributed by atoms with Gasteiger partial charge < -0.3 is 14.7 Å². The summed E-state index contributed by atoms with van der Waals surface area (Å²) in [6.45, 7) is 3.82. The highest BCUT2D eigenvalue weighted by Gasteiger charge is 2.35. The van der Waals surface area contributed by atoms with Crippen molar-refractivity contribution in [1.82, 2.24) is 4.90 Å².